The van der Waals surface area contributed by atoms with E-state index in [2.05, 4.69) is 239 Å². The fourth-order valence-corrected chi connectivity index (χ4v) is 8.17. The fourth-order valence-electron chi connectivity index (χ4n) is 8.17. The Morgan fingerprint density at radius 1 is 0.400 bits per heavy atom. The second kappa shape index (κ2) is 15.0. The predicted molar refractivity (Wildman–Crippen MR) is 259 cm³/mol. The van der Waals surface area contributed by atoms with Gasteiger partial charge in [0.15, 0.2) is 0 Å². The molecule has 304 valence electrons. The van der Waals surface area contributed by atoms with Crippen LogP contribution in [0.25, 0.3) is 55.3 Å². The summed E-state index contributed by atoms with van der Waals surface area (Å²) in [5, 5.41) is 2.47. The fraction of sp³-hybridized carbons (Fsp3) is 0.281. The van der Waals surface area contributed by atoms with Crippen molar-refractivity contribution < 1.29 is 0 Å². The maximum atomic E-state index is 5.57. The number of benzene rings is 6. The molecule has 0 aliphatic carbocycles. The first-order valence-corrected chi connectivity index (χ1v) is 21.5. The van der Waals surface area contributed by atoms with E-state index in [0.29, 0.717) is 0 Å². The number of rotatable bonds is 6. The maximum Gasteiger partial charge on any atom is 0.138 e. The van der Waals surface area contributed by atoms with Crippen LogP contribution in [0, 0.1) is 0 Å². The van der Waals surface area contributed by atoms with Gasteiger partial charge < -0.3 is 4.98 Å². The highest BCUT2D eigenvalue weighted by Gasteiger charge is 2.25. The van der Waals surface area contributed by atoms with E-state index in [0.717, 1.165) is 39.5 Å². The van der Waals surface area contributed by atoms with Gasteiger partial charge in [0.2, 0.25) is 0 Å². The highest BCUT2D eigenvalue weighted by molar-refractivity contribution is 6.13. The zero-order valence-corrected chi connectivity index (χ0v) is 37.8. The molecule has 3 heteroatoms. The van der Waals surface area contributed by atoms with Crippen molar-refractivity contribution in [3.05, 3.63) is 168 Å². The van der Waals surface area contributed by atoms with Crippen molar-refractivity contribution in [2.75, 3.05) is 4.90 Å². The summed E-state index contributed by atoms with van der Waals surface area (Å²) in [6.07, 6.45) is 0. The molecule has 6 aromatic carbocycles. The number of hydrogen-bond donors (Lipinski definition) is 1. The minimum absolute atomic E-state index is 0.0333. The molecule has 0 saturated carbocycles. The number of anilines is 3. The Bertz CT molecular complexity index is 2740. The van der Waals surface area contributed by atoms with Gasteiger partial charge in [0.05, 0.1) is 16.9 Å². The molecule has 8 rings (SSSR count). The summed E-state index contributed by atoms with van der Waals surface area (Å²) in [5.74, 6) is 0.858. The molecule has 2 aromatic heterocycles. The van der Waals surface area contributed by atoms with Crippen LogP contribution in [0.1, 0.15) is 105 Å². The SMILES string of the molecule is CC(C)(C)c1ccc(-c2cc(-c3ccc(C(C)(C)C)cc3)cc(-c3cccc(N(c4ccccc4)c4cc(C(C)(C)C)cc5c4[nH]c4ccc(C(C)(C)C)cc45)n3)c2)cc1. The minimum Gasteiger partial charge on any atom is -0.353 e. The van der Waals surface area contributed by atoms with Crippen LogP contribution in [0.4, 0.5) is 17.2 Å². The minimum atomic E-state index is -0.0845. The summed E-state index contributed by atoms with van der Waals surface area (Å²) < 4.78 is 0. The van der Waals surface area contributed by atoms with Crippen LogP contribution in [-0.4, -0.2) is 9.97 Å². The quantitative estimate of drug-likeness (QED) is 0.182. The van der Waals surface area contributed by atoms with Crippen LogP contribution < -0.4 is 4.90 Å². The van der Waals surface area contributed by atoms with E-state index < -0.39 is 0 Å². The lowest BCUT2D eigenvalue weighted by Crippen LogP contribution is -2.16. The van der Waals surface area contributed by atoms with E-state index in [-0.39, 0.29) is 21.7 Å². The molecule has 0 bridgehead atoms. The van der Waals surface area contributed by atoms with Crippen molar-refractivity contribution in [1.82, 2.24) is 9.97 Å². The second-order valence-electron chi connectivity index (χ2n) is 20.8. The van der Waals surface area contributed by atoms with E-state index in [1.165, 1.54) is 55.3 Å². The van der Waals surface area contributed by atoms with Crippen molar-refractivity contribution in [1.29, 1.82) is 0 Å². The number of nitrogens with zero attached hydrogens (tertiary/aromatic N) is 2. The number of pyridine rings is 1. The summed E-state index contributed by atoms with van der Waals surface area (Å²) >= 11 is 0. The lowest BCUT2D eigenvalue weighted by atomic mass is 9.84. The molecule has 0 unspecified atom stereocenters. The Labute approximate surface area is 358 Å². The van der Waals surface area contributed by atoms with E-state index in [1.807, 2.05) is 0 Å². The Hall–Kier alpha value is -5.93. The molecular weight excluding hydrogens is 727 g/mol. The van der Waals surface area contributed by atoms with Crippen LogP contribution in [0.5, 0.6) is 0 Å². The number of nitrogens with one attached hydrogen (secondary N) is 1. The summed E-state index contributed by atoms with van der Waals surface area (Å²) in [4.78, 5) is 11.8. The molecule has 8 aromatic rings. The van der Waals surface area contributed by atoms with E-state index >= 15 is 0 Å². The Morgan fingerprint density at radius 2 is 0.900 bits per heavy atom. The van der Waals surface area contributed by atoms with Crippen molar-refractivity contribution >= 4 is 39.0 Å². The highest BCUT2D eigenvalue weighted by Crippen LogP contribution is 2.44. The third kappa shape index (κ3) is 8.15. The van der Waals surface area contributed by atoms with Crippen molar-refractivity contribution in [2.45, 2.75) is 105 Å². The Balaban J connectivity index is 1.33. The Kier molecular flexibility index (Phi) is 10.2. The zero-order valence-electron chi connectivity index (χ0n) is 37.8. The standard InChI is InChI=1S/C57H61N3/c1-54(2,3)42-25-21-37(22-26-42)39-31-40(38-23-27-43(28-24-38)55(4,5)6)33-41(32-39)49-19-16-20-52(58-49)60(46-17-14-13-15-18-46)51-36-45(57(10,11)12)35-48-47-34-44(56(7,8)9)29-30-50(47)59-53(48)51/h13-36,59H,1-12H3. The second-order valence-corrected chi connectivity index (χ2v) is 20.8. The number of H-pyrrole nitrogens is 1. The molecule has 0 saturated heterocycles. The van der Waals surface area contributed by atoms with Crippen LogP contribution >= 0.6 is 0 Å². The molecule has 0 aliphatic heterocycles. The predicted octanol–water partition coefficient (Wildman–Crippen LogP) is 16.4. The lowest BCUT2D eigenvalue weighted by Gasteiger charge is -2.28. The number of fused-ring (bicyclic) bond motifs is 3. The molecule has 1 N–H and O–H groups in total. The maximum absolute atomic E-state index is 5.57. The molecule has 0 amide bonds. The monoisotopic (exact) mass is 787 g/mol. The molecule has 60 heavy (non-hydrogen) atoms. The molecule has 0 radical (unpaired) electrons. The number of hydrogen-bond acceptors (Lipinski definition) is 2. The average Bonchev–Trinajstić information content (AvgIpc) is 3.58. The average molecular weight is 788 g/mol. The first kappa shape index (κ1) is 40.8. The number of aromatic amines is 1. The highest BCUT2D eigenvalue weighted by atomic mass is 15.2. The summed E-state index contributed by atoms with van der Waals surface area (Å²) in [7, 11) is 0. The molecule has 3 nitrogen and oxygen atoms in total. The van der Waals surface area contributed by atoms with Gasteiger partial charge in [0, 0.05) is 27.5 Å². The van der Waals surface area contributed by atoms with Gasteiger partial charge in [-0.05, 0) is 133 Å². The third-order valence-corrected chi connectivity index (χ3v) is 12.0. The van der Waals surface area contributed by atoms with Crippen LogP contribution in [0.15, 0.2) is 146 Å². The first-order valence-electron chi connectivity index (χ1n) is 21.5. The van der Waals surface area contributed by atoms with Crippen molar-refractivity contribution in [3.8, 4) is 33.5 Å². The number of para-hydroxylation sites is 1. The number of aromatic nitrogens is 2. The van der Waals surface area contributed by atoms with Crippen LogP contribution in [0.3, 0.4) is 0 Å². The summed E-state index contributed by atoms with van der Waals surface area (Å²) in [6.45, 7) is 27.4. The van der Waals surface area contributed by atoms with Gasteiger partial charge in [-0.2, -0.15) is 0 Å². The van der Waals surface area contributed by atoms with Gasteiger partial charge in [0.25, 0.3) is 0 Å². The van der Waals surface area contributed by atoms with Gasteiger partial charge in [-0.25, -0.2) is 4.98 Å². The van der Waals surface area contributed by atoms with Gasteiger partial charge >= 0.3 is 0 Å². The van der Waals surface area contributed by atoms with Crippen molar-refractivity contribution in [3.63, 3.8) is 0 Å². The topological polar surface area (TPSA) is 31.9 Å². The molecule has 2 heterocycles. The zero-order chi connectivity index (χ0) is 42.8. The summed E-state index contributed by atoms with van der Waals surface area (Å²) in [6, 6.07) is 53.9. The van der Waals surface area contributed by atoms with Crippen molar-refractivity contribution in [2.24, 2.45) is 0 Å². The normalized spacial score (nSPS) is 12.7. The van der Waals surface area contributed by atoms with E-state index in [1.54, 1.807) is 0 Å². The largest absolute Gasteiger partial charge is 0.353 e. The Morgan fingerprint density at radius 3 is 1.43 bits per heavy atom. The third-order valence-electron chi connectivity index (χ3n) is 12.0. The van der Waals surface area contributed by atoms with Gasteiger partial charge in [-0.15, -0.1) is 0 Å². The van der Waals surface area contributed by atoms with Crippen LogP contribution in [0.2, 0.25) is 0 Å². The van der Waals surface area contributed by atoms with Crippen LogP contribution in [-0.2, 0) is 21.7 Å². The van der Waals surface area contributed by atoms with E-state index in [4.69, 9.17) is 4.98 Å². The van der Waals surface area contributed by atoms with Gasteiger partial charge in [0.1, 0.15) is 5.82 Å². The lowest BCUT2D eigenvalue weighted by molar-refractivity contribution is 0.590. The van der Waals surface area contributed by atoms with Gasteiger partial charge in [-0.3, -0.25) is 4.90 Å². The first-order chi connectivity index (χ1) is 28.2. The molecular formula is C57H61N3. The molecule has 0 aliphatic rings. The molecule has 0 fully saturated rings. The summed E-state index contributed by atoms with van der Waals surface area (Å²) in [5.41, 5.74) is 16.4. The van der Waals surface area contributed by atoms with E-state index in [9.17, 15) is 0 Å². The van der Waals surface area contributed by atoms with Gasteiger partial charge in [-0.1, -0.05) is 162 Å². The molecule has 0 atom stereocenters. The smallest absolute Gasteiger partial charge is 0.138 e. The molecule has 0 spiro atoms.